The van der Waals surface area contributed by atoms with Crippen molar-refractivity contribution in [1.82, 2.24) is 15.6 Å². The molecule has 1 unspecified atom stereocenters. The summed E-state index contributed by atoms with van der Waals surface area (Å²) in [6, 6.07) is 12.0. The van der Waals surface area contributed by atoms with Crippen molar-refractivity contribution in [3.05, 3.63) is 59.7 Å². The number of H-pyrrole nitrogens is 1. The lowest BCUT2D eigenvalue weighted by Gasteiger charge is -2.19. The van der Waals surface area contributed by atoms with Crippen LogP contribution in [0.3, 0.4) is 0 Å². The Kier molecular flexibility index (Phi) is 8.58. The highest BCUT2D eigenvalue weighted by atomic mass is 127. The molecule has 7 heteroatoms. The van der Waals surface area contributed by atoms with Gasteiger partial charge in [0.15, 0.2) is 5.96 Å². The van der Waals surface area contributed by atoms with Gasteiger partial charge in [-0.1, -0.05) is 18.2 Å². The van der Waals surface area contributed by atoms with Crippen LogP contribution in [-0.2, 0) is 12.0 Å². The van der Waals surface area contributed by atoms with Gasteiger partial charge in [-0.05, 0) is 57.4 Å². The number of aromatic nitrogens is 1. The predicted molar refractivity (Wildman–Crippen MR) is 129 cm³/mol. The number of nitrogens with zero attached hydrogens (tertiary/aromatic N) is 1. The summed E-state index contributed by atoms with van der Waals surface area (Å²) in [5, 5.41) is 18.5. The molecule has 0 aliphatic heterocycles. The van der Waals surface area contributed by atoms with Crippen molar-refractivity contribution in [1.29, 1.82) is 0 Å². The maximum absolute atomic E-state index is 10.7. The van der Waals surface area contributed by atoms with E-state index in [0.29, 0.717) is 11.7 Å². The number of aryl methyl sites for hydroxylation is 2. The van der Waals surface area contributed by atoms with E-state index in [-0.39, 0.29) is 30.5 Å². The number of nitrogens with one attached hydrogen (secondary N) is 3. The fraction of sp³-hybridized carbons (Fsp3) is 0.409. The number of benzene rings is 1. The number of fused-ring (bicyclic) bond motifs is 1. The molecule has 4 N–H and O–H groups in total. The molecule has 6 nitrogen and oxygen atoms in total. The first-order valence-corrected chi connectivity index (χ1v) is 9.86. The van der Waals surface area contributed by atoms with Crippen LogP contribution in [0.25, 0.3) is 10.9 Å². The highest BCUT2D eigenvalue weighted by Crippen LogP contribution is 2.23. The minimum absolute atomic E-state index is 0. The molecule has 0 fully saturated rings. The van der Waals surface area contributed by atoms with E-state index in [1.807, 2.05) is 26.0 Å². The van der Waals surface area contributed by atoms with E-state index < -0.39 is 5.60 Å². The second-order valence-corrected chi connectivity index (χ2v) is 7.27. The Hall–Kier alpha value is -2.00. The van der Waals surface area contributed by atoms with Crippen LogP contribution in [0.2, 0.25) is 0 Å². The zero-order valence-electron chi connectivity index (χ0n) is 17.3. The van der Waals surface area contributed by atoms with Crippen molar-refractivity contribution in [3.63, 3.8) is 0 Å². The molecule has 3 aromatic rings. The molecule has 29 heavy (non-hydrogen) atoms. The van der Waals surface area contributed by atoms with Gasteiger partial charge >= 0.3 is 0 Å². The maximum atomic E-state index is 10.7. The Labute approximate surface area is 189 Å². The summed E-state index contributed by atoms with van der Waals surface area (Å²) in [7, 11) is 0. The number of rotatable bonds is 8. The van der Waals surface area contributed by atoms with Gasteiger partial charge in [0.25, 0.3) is 0 Å². The van der Waals surface area contributed by atoms with Crippen LogP contribution in [0.5, 0.6) is 0 Å². The smallest absolute Gasteiger partial charge is 0.191 e. The van der Waals surface area contributed by atoms with Crippen LogP contribution in [-0.4, -0.2) is 35.7 Å². The van der Waals surface area contributed by atoms with Crippen LogP contribution in [0.15, 0.2) is 52.0 Å². The van der Waals surface area contributed by atoms with E-state index in [1.165, 1.54) is 16.5 Å². The van der Waals surface area contributed by atoms with Gasteiger partial charge < -0.3 is 25.1 Å². The quantitative estimate of drug-likeness (QED) is 0.159. The minimum Gasteiger partial charge on any atom is -0.463 e. The Morgan fingerprint density at radius 3 is 2.72 bits per heavy atom. The number of furan rings is 1. The predicted octanol–water partition coefficient (Wildman–Crippen LogP) is 4.08. The molecule has 0 aliphatic carbocycles. The first kappa shape index (κ1) is 23.3. The van der Waals surface area contributed by atoms with Crippen LogP contribution >= 0.6 is 24.0 Å². The number of guanidine groups is 1. The Bertz CT molecular complexity index is 930. The van der Waals surface area contributed by atoms with Gasteiger partial charge in [-0.3, -0.25) is 0 Å². The second kappa shape index (κ2) is 10.7. The third kappa shape index (κ3) is 6.24. The summed E-state index contributed by atoms with van der Waals surface area (Å²) in [5.41, 5.74) is 1.37. The van der Waals surface area contributed by atoms with Crippen molar-refractivity contribution in [3.8, 4) is 0 Å². The number of aliphatic imine (C=N–C) groups is 1. The summed E-state index contributed by atoms with van der Waals surface area (Å²) in [4.78, 5) is 7.85. The number of aromatic amines is 1. The highest BCUT2D eigenvalue weighted by Gasteiger charge is 2.26. The van der Waals surface area contributed by atoms with Gasteiger partial charge in [0.1, 0.15) is 17.1 Å². The number of hydrogen-bond donors (Lipinski definition) is 4. The Balaban J connectivity index is 0.00000300. The van der Waals surface area contributed by atoms with Crippen LogP contribution in [0, 0.1) is 6.92 Å². The molecular weight excluding hydrogens is 479 g/mol. The van der Waals surface area contributed by atoms with Crippen LogP contribution in [0.4, 0.5) is 0 Å². The molecule has 0 bridgehead atoms. The van der Waals surface area contributed by atoms with Crippen molar-refractivity contribution < 1.29 is 9.52 Å². The molecule has 0 saturated heterocycles. The Morgan fingerprint density at radius 2 is 2.00 bits per heavy atom. The lowest BCUT2D eigenvalue weighted by Crippen LogP contribution is -2.39. The summed E-state index contributed by atoms with van der Waals surface area (Å²) < 4.78 is 5.55. The summed E-state index contributed by atoms with van der Waals surface area (Å²) in [6.45, 7) is 7.38. The minimum atomic E-state index is -1.14. The lowest BCUT2D eigenvalue weighted by atomic mass is 10.0. The van der Waals surface area contributed by atoms with Crippen molar-refractivity contribution in [2.75, 3.05) is 19.6 Å². The van der Waals surface area contributed by atoms with Crippen molar-refractivity contribution >= 4 is 40.8 Å². The standard InChI is InChI=1S/C22H30N4O2.HI/c1-4-23-21(26-15-22(3,27)20-12-11-16(2)28-20)24-13-7-8-17-14-25-19-10-6-5-9-18(17)19;/h5-6,9-12,14,25,27H,4,7-8,13,15H2,1-3H3,(H2,23,24,26);1H. The zero-order valence-corrected chi connectivity index (χ0v) is 19.6. The van der Waals surface area contributed by atoms with Gasteiger partial charge in [0.05, 0.1) is 6.54 Å². The fourth-order valence-corrected chi connectivity index (χ4v) is 3.20. The SMILES string of the molecule is CCNC(=NCC(C)(O)c1ccc(C)o1)NCCCc1c[nH]c2ccccc12.I. The topological polar surface area (TPSA) is 85.6 Å². The van der Waals surface area contributed by atoms with Gasteiger partial charge in [-0.2, -0.15) is 0 Å². The number of aliphatic hydroxyl groups is 1. The monoisotopic (exact) mass is 510 g/mol. The van der Waals surface area contributed by atoms with E-state index >= 15 is 0 Å². The fourth-order valence-electron chi connectivity index (χ4n) is 3.20. The first-order chi connectivity index (χ1) is 13.5. The molecule has 1 aromatic carbocycles. The van der Waals surface area contributed by atoms with Crippen LogP contribution in [0.1, 0.15) is 37.4 Å². The molecule has 2 aromatic heterocycles. The van der Waals surface area contributed by atoms with E-state index in [2.05, 4.69) is 45.0 Å². The summed E-state index contributed by atoms with van der Waals surface area (Å²) in [6.07, 6.45) is 4.06. The molecular formula is C22H31IN4O2. The molecule has 158 valence electrons. The molecule has 0 spiro atoms. The lowest BCUT2D eigenvalue weighted by molar-refractivity contribution is 0.0428. The second-order valence-electron chi connectivity index (χ2n) is 7.27. The summed E-state index contributed by atoms with van der Waals surface area (Å²) >= 11 is 0. The zero-order chi connectivity index (χ0) is 20.0. The molecule has 0 aliphatic rings. The van der Waals surface area contributed by atoms with Gasteiger partial charge in [0, 0.05) is 30.2 Å². The Morgan fingerprint density at radius 1 is 1.21 bits per heavy atom. The third-order valence-electron chi connectivity index (χ3n) is 4.75. The van der Waals surface area contributed by atoms with Gasteiger partial charge in [0.2, 0.25) is 0 Å². The van der Waals surface area contributed by atoms with E-state index in [1.54, 1.807) is 13.0 Å². The van der Waals surface area contributed by atoms with Crippen molar-refractivity contribution in [2.45, 2.75) is 39.2 Å². The van der Waals surface area contributed by atoms with E-state index in [0.717, 1.165) is 31.7 Å². The average molecular weight is 510 g/mol. The molecule has 1 atom stereocenters. The highest BCUT2D eigenvalue weighted by molar-refractivity contribution is 14.0. The summed E-state index contributed by atoms with van der Waals surface area (Å²) in [5.74, 6) is 2.01. The maximum Gasteiger partial charge on any atom is 0.191 e. The largest absolute Gasteiger partial charge is 0.463 e. The molecule has 3 rings (SSSR count). The first-order valence-electron chi connectivity index (χ1n) is 9.86. The van der Waals surface area contributed by atoms with Gasteiger partial charge in [-0.15, -0.1) is 24.0 Å². The molecule has 0 radical (unpaired) electrons. The molecule has 0 saturated carbocycles. The number of halogens is 1. The molecule has 2 heterocycles. The third-order valence-corrected chi connectivity index (χ3v) is 4.75. The van der Waals surface area contributed by atoms with E-state index in [4.69, 9.17) is 4.42 Å². The number of para-hydroxylation sites is 1. The van der Waals surface area contributed by atoms with Gasteiger partial charge in [-0.25, -0.2) is 4.99 Å². The average Bonchev–Trinajstić information content (AvgIpc) is 3.30. The van der Waals surface area contributed by atoms with E-state index in [9.17, 15) is 5.11 Å². The molecule has 0 amide bonds. The van der Waals surface area contributed by atoms with Crippen LogP contribution < -0.4 is 10.6 Å². The normalized spacial score (nSPS) is 13.7. The van der Waals surface area contributed by atoms with Crippen molar-refractivity contribution in [2.24, 2.45) is 4.99 Å². The number of hydrogen-bond acceptors (Lipinski definition) is 3.